The van der Waals surface area contributed by atoms with E-state index in [1.54, 1.807) is 13.8 Å². The third kappa shape index (κ3) is 24.0. The zero-order valence-electron chi connectivity index (χ0n) is 28.8. The lowest BCUT2D eigenvalue weighted by atomic mass is 10.1. The SMILES string of the molecule is CC(CC(Br)C(=O)OCCO)C(=O)OCCOCCC[Si](C)(C)O[Si](C)(C)CCCOCCOC(=O)C(C)CC(Br)C(=O)OCCO. The quantitative estimate of drug-likeness (QED) is 0.0382. The Morgan fingerprint density at radius 2 is 0.894 bits per heavy atom. The number of carbonyl (C=O) groups is 4. The number of alkyl halides is 2. The highest BCUT2D eigenvalue weighted by atomic mass is 79.9. The Labute approximate surface area is 298 Å². The number of halogens is 2. The van der Waals surface area contributed by atoms with Crippen molar-refractivity contribution in [2.75, 3.05) is 66.1 Å². The Morgan fingerprint density at radius 3 is 1.23 bits per heavy atom. The number of hydrogen-bond donors (Lipinski definition) is 2. The first-order chi connectivity index (χ1) is 22.0. The van der Waals surface area contributed by atoms with Crippen molar-refractivity contribution < 1.29 is 61.9 Å². The van der Waals surface area contributed by atoms with Crippen LogP contribution in [0.3, 0.4) is 0 Å². The standard InChI is InChI=1S/C30H56Br2O13Si2/c1-23(21-25(31)29(37)41-13-9-33)27(35)43-17-15-39-11-7-19-46(3,4)45-47(5,6)20-8-12-40-16-18-44-28(36)24(2)22-26(32)30(38)42-14-10-34/h23-26,33-34H,7-22H2,1-6H3. The van der Waals surface area contributed by atoms with Crippen LogP contribution in [0.1, 0.15) is 39.5 Å². The van der Waals surface area contributed by atoms with Crippen LogP contribution in [0, 0.1) is 11.8 Å². The average molecular weight is 841 g/mol. The van der Waals surface area contributed by atoms with Gasteiger partial charge in [-0.05, 0) is 64.0 Å². The molecular formula is C30H56Br2O13Si2. The molecule has 0 spiro atoms. The molecule has 2 N–H and O–H groups in total. The molecule has 0 saturated heterocycles. The number of aliphatic hydroxyl groups excluding tert-OH is 2. The van der Waals surface area contributed by atoms with Gasteiger partial charge < -0.3 is 42.7 Å². The topological polar surface area (TPSA) is 173 Å². The smallest absolute Gasteiger partial charge is 0.319 e. The van der Waals surface area contributed by atoms with Gasteiger partial charge in [0.05, 0.1) is 38.3 Å². The first kappa shape index (κ1) is 46.1. The van der Waals surface area contributed by atoms with Crippen molar-refractivity contribution in [1.82, 2.24) is 0 Å². The summed E-state index contributed by atoms with van der Waals surface area (Å²) in [5, 5.41) is 17.5. The molecule has 0 radical (unpaired) electrons. The molecule has 276 valence electrons. The van der Waals surface area contributed by atoms with Crippen molar-refractivity contribution in [1.29, 1.82) is 0 Å². The lowest BCUT2D eigenvalue weighted by molar-refractivity contribution is -0.151. The van der Waals surface area contributed by atoms with E-state index >= 15 is 0 Å². The maximum Gasteiger partial charge on any atom is 0.319 e. The Hall–Kier alpha value is -0.926. The van der Waals surface area contributed by atoms with Crippen LogP contribution < -0.4 is 0 Å². The van der Waals surface area contributed by atoms with Gasteiger partial charge in [0, 0.05) is 13.2 Å². The molecule has 0 aliphatic carbocycles. The van der Waals surface area contributed by atoms with Crippen LogP contribution >= 0.6 is 31.9 Å². The van der Waals surface area contributed by atoms with Crippen molar-refractivity contribution in [3.63, 3.8) is 0 Å². The van der Waals surface area contributed by atoms with Crippen LogP contribution in [-0.2, 0) is 51.7 Å². The fourth-order valence-electron chi connectivity index (χ4n) is 4.42. The lowest BCUT2D eigenvalue weighted by Gasteiger charge is -2.34. The van der Waals surface area contributed by atoms with Gasteiger partial charge in [-0.25, -0.2) is 0 Å². The third-order valence-corrected chi connectivity index (χ3v) is 15.8. The van der Waals surface area contributed by atoms with Gasteiger partial charge in [-0.15, -0.1) is 0 Å². The molecule has 4 atom stereocenters. The first-order valence-corrected chi connectivity index (χ1v) is 24.1. The number of esters is 4. The number of carbonyl (C=O) groups excluding carboxylic acids is 4. The van der Waals surface area contributed by atoms with Crippen molar-refractivity contribution in [3.05, 3.63) is 0 Å². The minimum Gasteiger partial charge on any atom is -0.463 e. The summed E-state index contributed by atoms with van der Waals surface area (Å²) >= 11 is 6.41. The van der Waals surface area contributed by atoms with Crippen LogP contribution in [0.15, 0.2) is 0 Å². The summed E-state index contributed by atoms with van der Waals surface area (Å²) in [4.78, 5) is 46.6. The summed E-state index contributed by atoms with van der Waals surface area (Å²) in [6, 6.07) is 1.89. The van der Waals surface area contributed by atoms with Gasteiger partial charge in [0.1, 0.15) is 36.1 Å². The van der Waals surface area contributed by atoms with E-state index in [2.05, 4.69) is 58.0 Å². The van der Waals surface area contributed by atoms with Gasteiger partial charge in [0.25, 0.3) is 0 Å². The maximum absolute atomic E-state index is 12.2. The minimum atomic E-state index is -1.91. The summed E-state index contributed by atoms with van der Waals surface area (Å²) in [6.07, 6.45) is 2.14. The number of hydrogen-bond acceptors (Lipinski definition) is 13. The summed E-state index contributed by atoms with van der Waals surface area (Å²) in [6.45, 7) is 13.4. The normalized spacial score (nSPS) is 14.5. The van der Waals surface area contributed by atoms with Crippen molar-refractivity contribution in [2.24, 2.45) is 11.8 Å². The largest absolute Gasteiger partial charge is 0.463 e. The predicted molar refractivity (Wildman–Crippen MR) is 188 cm³/mol. The molecular weight excluding hydrogens is 784 g/mol. The van der Waals surface area contributed by atoms with Gasteiger partial charge in [-0.1, -0.05) is 45.7 Å². The average Bonchev–Trinajstić information content (AvgIpc) is 3.00. The van der Waals surface area contributed by atoms with Gasteiger partial charge in [-0.3, -0.25) is 19.2 Å². The molecule has 0 saturated carbocycles. The molecule has 17 heteroatoms. The molecule has 0 aromatic rings. The minimum absolute atomic E-state index is 0.0838. The molecule has 13 nitrogen and oxygen atoms in total. The second kappa shape index (κ2) is 26.0. The van der Waals surface area contributed by atoms with E-state index in [-0.39, 0.29) is 65.7 Å². The molecule has 0 amide bonds. The zero-order chi connectivity index (χ0) is 35.9. The van der Waals surface area contributed by atoms with E-state index in [0.717, 1.165) is 24.9 Å². The van der Waals surface area contributed by atoms with E-state index in [0.29, 0.717) is 13.2 Å². The molecule has 0 heterocycles. The van der Waals surface area contributed by atoms with Gasteiger partial charge in [0.15, 0.2) is 16.6 Å². The van der Waals surface area contributed by atoms with Crippen LogP contribution in [-0.4, -0.2) is 126 Å². The zero-order valence-corrected chi connectivity index (χ0v) is 33.9. The monoisotopic (exact) mass is 838 g/mol. The van der Waals surface area contributed by atoms with Gasteiger partial charge in [-0.2, -0.15) is 0 Å². The Balaban J connectivity index is 4.05. The lowest BCUT2D eigenvalue weighted by Crippen LogP contribution is -2.44. The summed E-state index contributed by atoms with van der Waals surface area (Å²) in [5.41, 5.74) is 0. The fourth-order valence-corrected chi connectivity index (χ4v) is 14.6. The Kier molecular flexibility index (Phi) is 25.4. The summed E-state index contributed by atoms with van der Waals surface area (Å²) in [7, 11) is -3.81. The van der Waals surface area contributed by atoms with Crippen molar-refractivity contribution >= 4 is 72.4 Å². The second-order valence-corrected chi connectivity index (χ2v) is 23.4. The van der Waals surface area contributed by atoms with Gasteiger partial charge in [0.2, 0.25) is 0 Å². The third-order valence-electron chi connectivity index (χ3n) is 6.74. The van der Waals surface area contributed by atoms with Gasteiger partial charge >= 0.3 is 23.9 Å². The number of rotatable bonds is 28. The predicted octanol–water partition coefficient (Wildman–Crippen LogP) is 3.96. The molecule has 0 aromatic heterocycles. The fraction of sp³-hybridized carbons (Fsp3) is 0.867. The first-order valence-electron chi connectivity index (χ1n) is 16.1. The molecule has 0 bridgehead atoms. The van der Waals surface area contributed by atoms with E-state index < -0.39 is 62.0 Å². The Morgan fingerprint density at radius 1 is 0.553 bits per heavy atom. The number of ether oxygens (including phenoxy) is 6. The molecule has 0 aliphatic rings. The van der Waals surface area contributed by atoms with Crippen LogP contribution in [0.4, 0.5) is 0 Å². The van der Waals surface area contributed by atoms with E-state index in [1.165, 1.54) is 0 Å². The Bertz CT molecular complexity index is 841. The maximum atomic E-state index is 12.2. The van der Waals surface area contributed by atoms with E-state index in [4.69, 9.17) is 42.7 Å². The second-order valence-electron chi connectivity index (χ2n) is 12.4. The summed E-state index contributed by atoms with van der Waals surface area (Å²) in [5.74, 6) is -2.88. The molecule has 0 aliphatic heterocycles. The summed E-state index contributed by atoms with van der Waals surface area (Å²) < 4.78 is 38.2. The highest BCUT2D eigenvalue weighted by molar-refractivity contribution is 9.10. The molecule has 0 fully saturated rings. The van der Waals surface area contributed by atoms with Crippen LogP contribution in [0.25, 0.3) is 0 Å². The molecule has 4 unspecified atom stereocenters. The van der Waals surface area contributed by atoms with Crippen molar-refractivity contribution in [2.45, 2.75) is 87.5 Å². The molecule has 0 aromatic carbocycles. The molecule has 0 rings (SSSR count). The number of aliphatic hydroxyl groups is 2. The van der Waals surface area contributed by atoms with Crippen molar-refractivity contribution in [3.8, 4) is 0 Å². The molecule has 47 heavy (non-hydrogen) atoms. The van der Waals surface area contributed by atoms with Crippen LogP contribution in [0.2, 0.25) is 38.3 Å². The highest BCUT2D eigenvalue weighted by Gasteiger charge is 2.32. The highest BCUT2D eigenvalue weighted by Crippen LogP contribution is 2.24. The van der Waals surface area contributed by atoms with E-state index in [9.17, 15) is 19.2 Å². The van der Waals surface area contributed by atoms with E-state index in [1.807, 2.05) is 0 Å². The van der Waals surface area contributed by atoms with Crippen LogP contribution in [0.5, 0.6) is 0 Å².